The molecule has 1 heterocycles. The van der Waals surface area contributed by atoms with E-state index >= 15 is 0 Å². The van der Waals surface area contributed by atoms with E-state index in [1.807, 2.05) is 24.3 Å². The molecule has 2 amide bonds. The van der Waals surface area contributed by atoms with Crippen LogP contribution in [0.2, 0.25) is 0 Å². The van der Waals surface area contributed by atoms with Crippen molar-refractivity contribution in [2.45, 2.75) is 26.3 Å². The number of urea groups is 1. The minimum absolute atomic E-state index is 0.138. The first-order chi connectivity index (χ1) is 9.61. The van der Waals surface area contributed by atoms with Gasteiger partial charge >= 0.3 is 6.03 Å². The third kappa shape index (κ3) is 4.21. The van der Waals surface area contributed by atoms with Crippen LogP contribution in [0.4, 0.5) is 10.5 Å². The molecule has 1 aromatic carbocycles. The van der Waals surface area contributed by atoms with E-state index in [2.05, 4.69) is 17.6 Å². The summed E-state index contributed by atoms with van der Waals surface area (Å²) < 4.78 is 5.35. The summed E-state index contributed by atoms with van der Waals surface area (Å²) in [5, 5.41) is 5.77. The zero-order valence-electron chi connectivity index (χ0n) is 11.9. The average molecular weight is 277 g/mol. The summed E-state index contributed by atoms with van der Waals surface area (Å²) in [6, 6.07) is 7.37. The Morgan fingerprint density at radius 3 is 2.55 bits per heavy atom. The van der Waals surface area contributed by atoms with Gasteiger partial charge in [-0.1, -0.05) is 19.1 Å². The van der Waals surface area contributed by atoms with Gasteiger partial charge < -0.3 is 21.1 Å². The molecule has 0 saturated carbocycles. The first kappa shape index (κ1) is 14.8. The fourth-order valence-corrected chi connectivity index (χ4v) is 2.23. The highest BCUT2D eigenvalue weighted by Crippen LogP contribution is 2.28. The van der Waals surface area contributed by atoms with E-state index in [1.54, 1.807) is 0 Å². The largest absolute Gasteiger partial charge is 0.381 e. The summed E-state index contributed by atoms with van der Waals surface area (Å²) in [6.07, 6.45) is 1.97. The zero-order valence-corrected chi connectivity index (χ0v) is 11.9. The van der Waals surface area contributed by atoms with E-state index in [0.717, 1.165) is 37.3 Å². The van der Waals surface area contributed by atoms with E-state index < -0.39 is 0 Å². The second kappa shape index (κ2) is 6.72. The standard InChI is InChI=1S/C15H23N3O2/c1-15(6-8-20-9-7-15)11-17-14(19)18-13-4-2-12(10-16)3-5-13/h2-5H,6-11,16H2,1H3,(H2,17,18,19). The molecule has 1 aromatic rings. The molecule has 2 rings (SSSR count). The van der Waals surface area contributed by atoms with Crippen LogP contribution < -0.4 is 16.4 Å². The lowest BCUT2D eigenvalue weighted by molar-refractivity contribution is 0.0254. The van der Waals surface area contributed by atoms with Crippen LogP contribution in [-0.4, -0.2) is 25.8 Å². The molecule has 0 radical (unpaired) electrons. The van der Waals surface area contributed by atoms with Gasteiger partial charge in [0.1, 0.15) is 0 Å². The van der Waals surface area contributed by atoms with Crippen molar-refractivity contribution < 1.29 is 9.53 Å². The van der Waals surface area contributed by atoms with Crippen LogP contribution in [0.15, 0.2) is 24.3 Å². The van der Waals surface area contributed by atoms with Gasteiger partial charge in [0.05, 0.1) is 0 Å². The number of anilines is 1. The van der Waals surface area contributed by atoms with Gasteiger partial charge in [0.2, 0.25) is 0 Å². The molecule has 5 nitrogen and oxygen atoms in total. The molecule has 1 fully saturated rings. The van der Waals surface area contributed by atoms with Crippen LogP contribution in [0.3, 0.4) is 0 Å². The van der Waals surface area contributed by atoms with E-state index in [1.165, 1.54) is 0 Å². The smallest absolute Gasteiger partial charge is 0.319 e. The van der Waals surface area contributed by atoms with Crippen molar-refractivity contribution in [3.8, 4) is 0 Å². The van der Waals surface area contributed by atoms with Crippen molar-refractivity contribution in [2.24, 2.45) is 11.1 Å². The van der Waals surface area contributed by atoms with Crippen LogP contribution in [0.5, 0.6) is 0 Å². The highest BCUT2D eigenvalue weighted by atomic mass is 16.5. The van der Waals surface area contributed by atoms with E-state index in [9.17, 15) is 4.79 Å². The molecule has 110 valence electrons. The van der Waals surface area contributed by atoms with Crippen molar-refractivity contribution in [1.29, 1.82) is 0 Å². The second-order valence-electron chi connectivity index (χ2n) is 5.63. The lowest BCUT2D eigenvalue weighted by Gasteiger charge is -2.33. The van der Waals surface area contributed by atoms with Crippen LogP contribution in [0.1, 0.15) is 25.3 Å². The topological polar surface area (TPSA) is 76.4 Å². The summed E-state index contributed by atoms with van der Waals surface area (Å²) in [5.41, 5.74) is 7.50. The van der Waals surface area contributed by atoms with Crippen LogP contribution >= 0.6 is 0 Å². The number of hydrogen-bond acceptors (Lipinski definition) is 3. The fourth-order valence-electron chi connectivity index (χ4n) is 2.23. The van der Waals surface area contributed by atoms with Crippen molar-refractivity contribution in [2.75, 3.05) is 25.1 Å². The Balaban J connectivity index is 1.79. The number of carbonyl (C=O) groups is 1. The molecular formula is C15H23N3O2. The second-order valence-corrected chi connectivity index (χ2v) is 5.63. The monoisotopic (exact) mass is 277 g/mol. The number of ether oxygens (including phenoxy) is 1. The molecule has 0 spiro atoms. The van der Waals surface area contributed by atoms with Crippen LogP contribution in [-0.2, 0) is 11.3 Å². The van der Waals surface area contributed by atoms with Gasteiger partial charge in [-0.3, -0.25) is 0 Å². The number of amides is 2. The molecule has 0 aromatic heterocycles. The summed E-state index contributed by atoms with van der Waals surface area (Å²) in [6.45, 7) is 4.92. The number of nitrogens with two attached hydrogens (primary N) is 1. The maximum absolute atomic E-state index is 11.9. The van der Waals surface area contributed by atoms with Crippen molar-refractivity contribution in [1.82, 2.24) is 5.32 Å². The Hall–Kier alpha value is -1.59. The van der Waals surface area contributed by atoms with Crippen molar-refractivity contribution in [3.05, 3.63) is 29.8 Å². The molecule has 0 atom stereocenters. The lowest BCUT2D eigenvalue weighted by atomic mass is 9.82. The zero-order chi connectivity index (χ0) is 14.4. The normalized spacial score (nSPS) is 17.5. The number of benzene rings is 1. The minimum Gasteiger partial charge on any atom is -0.381 e. The van der Waals surface area contributed by atoms with Crippen LogP contribution in [0, 0.1) is 5.41 Å². The van der Waals surface area contributed by atoms with E-state index in [0.29, 0.717) is 13.1 Å². The maximum Gasteiger partial charge on any atom is 0.319 e. The Kier molecular flexibility index (Phi) is 4.98. The van der Waals surface area contributed by atoms with Gasteiger partial charge in [0.25, 0.3) is 0 Å². The predicted octanol–water partition coefficient (Wildman–Crippen LogP) is 2.08. The average Bonchev–Trinajstić information content (AvgIpc) is 2.47. The Morgan fingerprint density at radius 2 is 1.95 bits per heavy atom. The maximum atomic E-state index is 11.9. The Morgan fingerprint density at radius 1 is 1.30 bits per heavy atom. The molecule has 0 bridgehead atoms. The molecule has 0 aliphatic carbocycles. The third-order valence-corrected chi connectivity index (χ3v) is 3.82. The molecule has 20 heavy (non-hydrogen) atoms. The number of nitrogens with one attached hydrogen (secondary N) is 2. The highest BCUT2D eigenvalue weighted by molar-refractivity contribution is 5.89. The molecule has 1 saturated heterocycles. The number of hydrogen-bond donors (Lipinski definition) is 3. The predicted molar refractivity (Wildman–Crippen MR) is 79.5 cm³/mol. The SMILES string of the molecule is CC1(CNC(=O)Nc2ccc(CN)cc2)CCOCC1. The van der Waals surface area contributed by atoms with Crippen LogP contribution in [0.25, 0.3) is 0 Å². The molecule has 1 aliphatic heterocycles. The van der Waals surface area contributed by atoms with Crippen molar-refractivity contribution >= 4 is 11.7 Å². The molecule has 1 aliphatic rings. The molecule has 4 N–H and O–H groups in total. The lowest BCUT2D eigenvalue weighted by Crippen LogP contribution is -2.41. The minimum atomic E-state index is -0.168. The summed E-state index contributed by atoms with van der Waals surface area (Å²) in [5.74, 6) is 0. The summed E-state index contributed by atoms with van der Waals surface area (Å²) >= 11 is 0. The van der Waals surface area contributed by atoms with Gasteiger partial charge in [-0.2, -0.15) is 0 Å². The molecule has 0 unspecified atom stereocenters. The quantitative estimate of drug-likeness (QED) is 0.788. The van der Waals surface area contributed by atoms with Gasteiger partial charge in [-0.15, -0.1) is 0 Å². The first-order valence-corrected chi connectivity index (χ1v) is 7.03. The first-order valence-electron chi connectivity index (χ1n) is 7.03. The van der Waals surface area contributed by atoms with E-state index in [4.69, 9.17) is 10.5 Å². The summed E-state index contributed by atoms with van der Waals surface area (Å²) in [4.78, 5) is 11.9. The van der Waals surface area contributed by atoms with Gasteiger partial charge in [-0.05, 0) is 36.0 Å². The Bertz CT molecular complexity index is 439. The van der Waals surface area contributed by atoms with E-state index in [-0.39, 0.29) is 11.4 Å². The fraction of sp³-hybridized carbons (Fsp3) is 0.533. The molecular weight excluding hydrogens is 254 g/mol. The van der Waals surface area contributed by atoms with Gasteiger partial charge in [-0.25, -0.2) is 4.79 Å². The number of carbonyl (C=O) groups excluding carboxylic acids is 1. The van der Waals surface area contributed by atoms with Gasteiger partial charge in [0, 0.05) is 32.0 Å². The Labute approximate surface area is 119 Å². The number of rotatable bonds is 4. The van der Waals surface area contributed by atoms with Gasteiger partial charge in [0.15, 0.2) is 0 Å². The third-order valence-electron chi connectivity index (χ3n) is 3.82. The molecule has 5 heteroatoms. The summed E-state index contributed by atoms with van der Waals surface area (Å²) in [7, 11) is 0. The van der Waals surface area contributed by atoms with Crippen molar-refractivity contribution in [3.63, 3.8) is 0 Å². The highest BCUT2D eigenvalue weighted by Gasteiger charge is 2.27.